The first-order valence-corrected chi connectivity index (χ1v) is 18.5. The zero-order valence-electron chi connectivity index (χ0n) is 30.3. The third-order valence-corrected chi connectivity index (χ3v) is 9.65. The number of ether oxygens (including phenoxy) is 1. The van der Waals surface area contributed by atoms with Crippen LogP contribution in [0.15, 0.2) is 46.8 Å². The maximum absolute atomic E-state index is 14.0. The number of nitrogens with zero attached hydrogens (tertiary/aromatic N) is 3. The second kappa shape index (κ2) is 15.2. The quantitative estimate of drug-likeness (QED) is 0.0642. The molecule has 1 amide bonds. The van der Waals surface area contributed by atoms with Crippen LogP contribution in [0.25, 0.3) is 32.6 Å². The molecule has 0 aliphatic heterocycles. The molecule has 52 heavy (non-hydrogen) atoms. The SMILES string of the molecule is CC(C)(C)Cn1cc(C(=O)OCCOP(=O)(OC(C)(C)C)OC(C)(C)C)c(=O)c2cc(-c3cnc(NC=O)cc3-c3nc(C(F)(F)F)cs3)ccc21. The van der Waals surface area contributed by atoms with E-state index in [0.29, 0.717) is 29.6 Å². The summed E-state index contributed by atoms with van der Waals surface area (Å²) in [6.45, 7) is 15.7. The molecule has 282 valence electrons. The molecule has 0 atom stereocenters. The van der Waals surface area contributed by atoms with Crippen LogP contribution in [-0.4, -0.2) is 51.3 Å². The van der Waals surface area contributed by atoms with Gasteiger partial charge in [-0.15, -0.1) is 11.3 Å². The molecule has 0 unspecified atom stereocenters. The van der Waals surface area contributed by atoms with E-state index in [0.717, 1.165) is 16.7 Å². The van der Waals surface area contributed by atoms with Crippen LogP contribution >= 0.6 is 19.2 Å². The normalized spacial score (nSPS) is 13.0. The van der Waals surface area contributed by atoms with Crippen LogP contribution in [-0.2, 0) is 40.4 Å². The van der Waals surface area contributed by atoms with Crippen molar-refractivity contribution in [2.45, 2.75) is 86.2 Å². The lowest BCUT2D eigenvalue weighted by molar-refractivity contribution is -0.140. The molecule has 17 heteroatoms. The number of carbonyl (C=O) groups is 2. The van der Waals surface area contributed by atoms with Gasteiger partial charge < -0.3 is 14.6 Å². The average molecular weight is 767 g/mol. The summed E-state index contributed by atoms with van der Waals surface area (Å²) >= 11 is 0.757. The number of hydrogen-bond acceptors (Lipinski definition) is 11. The molecule has 4 rings (SSSR count). The fourth-order valence-corrected chi connectivity index (χ4v) is 7.62. The van der Waals surface area contributed by atoms with Gasteiger partial charge >= 0.3 is 20.0 Å². The van der Waals surface area contributed by atoms with Gasteiger partial charge in [-0.25, -0.2) is 19.3 Å². The molecule has 0 aliphatic carbocycles. The van der Waals surface area contributed by atoms with Crippen molar-refractivity contribution in [3.63, 3.8) is 0 Å². The highest BCUT2D eigenvalue weighted by molar-refractivity contribution is 7.48. The van der Waals surface area contributed by atoms with Gasteiger partial charge in [0.15, 0.2) is 5.69 Å². The second-order valence-corrected chi connectivity index (χ2v) is 17.4. The fourth-order valence-electron chi connectivity index (χ4n) is 4.98. The van der Waals surface area contributed by atoms with Crippen molar-refractivity contribution in [3.05, 3.63) is 63.5 Å². The maximum Gasteiger partial charge on any atom is 0.475 e. The lowest BCUT2D eigenvalue weighted by Gasteiger charge is -2.30. The molecular weight excluding hydrogens is 724 g/mol. The summed E-state index contributed by atoms with van der Waals surface area (Å²) < 4.78 is 77.5. The molecule has 0 saturated heterocycles. The zero-order valence-corrected chi connectivity index (χ0v) is 32.0. The van der Waals surface area contributed by atoms with Crippen molar-refractivity contribution in [2.24, 2.45) is 5.41 Å². The van der Waals surface area contributed by atoms with Crippen molar-refractivity contribution < 1.29 is 45.6 Å². The van der Waals surface area contributed by atoms with Crippen LogP contribution in [0.4, 0.5) is 19.0 Å². The molecule has 0 radical (unpaired) electrons. The number of pyridine rings is 2. The smallest absolute Gasteiger partial charge is 0.459 e. The van der Waals surface area contributed by atoms with E-state index < -0.39 is 42.3 Å². The highest BCUT2D eigenvalue weighted by atomic mass is 32.1. The van der Waals surface area contributed by atoms with Crippen LogP contribution < -0.4 is 10.7 Å². The first-order chi connectivity index (χ1) is 23.9. The molecule has 0 aliphatic rings. The van der Waals surface area contributed by atoms with Gasteiger partial charge in [0.25, 0.3) is 0 Å². The number of phosphoric acid groups is 1. The van der Waals surface area contributed by atoms with Gasteiger partial charge in [0.05, 0.1) is 23.3 Å². The summed E-state index contributed by atoms with van der Waals surface area (Å²) in [6.07, 6.45) is -1.53. The highest BCUT2D eigenvalue weighted by Gasteiger charge is 2.37. The second-order valence-electron chi connectivity index (χ2n) is 15.0. The van der Waals surface area contributed by atoms with Crippen molar-refractivity contribution in [2.75, 3.05) is 18.5 Å². The Morgan fingerprint density at radius 1 is 0.981 bits per heavy atom. The van der Waals surface area contributed by atoms with Crippen LogP contribution in [0.2, 0.25) is 0 Å². The Morgan fingerprint density at radius 2 is 1.63 bits per heavy atom. The number of fused-ring (bicyclic) bond motifs is 1. The van der Waals surface area contributed by atoms with Crippen LogP contribution in [0.3, 0.4) is 0 Å². The van der Waals surface area contributed by atoms with Gasteiger partial charge in [0, 0.05) is 40.8 Å². The van der Waals surface area contributed by atoms with E-state index in [4.69, 9.17) is 18.3 Å². The van der Waals surface area contributed by atoms with E-state index >= 15 is 0 Å². The Kier molecular flexibility index (Phi) is 11.9. The number of aromatic nitrogens is 3. The Labute approximate surface area is 303 Å². The number of amides is 1. The summed E-state index contributed by atoms with van der Waals surface area (Å²) in [6, 6.07) is 6.26. The number of hydrogen-bond donors (Lipinski definition) is 1. The Balaban J connectivity index is 1.74. The Morgan fingerprint density at radius 3 is 2.19 bits per heavy atom. The van der Waals surface area contributed by atoms with Crippen molar-refractivity contribution >= 4 is 48.3 Å². The number of esters is 1. The molecule has 0 spiro atoms. The lowest BCUT2D eigenvalue weighted by Crippen LogP contribution is -2.26. The number of nitrogens with one attached hydrogen (secondary N) is 1. The van der Waals surface area contributed by atoms with Gasteiger partial charge in [-0.1, -0.05) is 26.8 Å². The molecule has 0 fully saturated rings. The minimum Gasteiger partial charge on any atom is -0.459 e. The number of alkyl halides is 3. The highest BCUT2D eigenvalue weighted by Crippen LogP contribution is 2.55. The van der Waals surface area contributed by atoms with Gasteiger partial charge in [-0.05, 0) is 70.7 Å². The van der Waals surface area contributed by atoms with Gasteiger partial charge in [0.2, 0.25) is 11.8 Å². The molecule has 3 aromatic heterocycles. The largest absolute Gasteiger partial charge is 0.475 e. The average Bonchev–Trinajstić information content (AvgIpc) is 3.49. The molecule has 1 aromatic carbocycles. The molecule has 12 nitrogen and oxygen atoms in total. The van der Waals surface area contributed by atoms with E-state index in [1.165, 1.54) is 24.5 Å². The number of thiazole rings is 1. The van der Waals surface area contributed by atoms with Crippen LogP contribution in [0.5, 0.6) is 0 Å². The molecule has 0 saturated carbocycles. The Bertz CT molecular complexity index is 2040. The summed E-state index contributed by atoms with van der Waals surface area (Å²) in [7, 11) is -4.09. The molecule has 0 bridgehead atoms. The fraction of sp³-hybridized carbons (Fsp3) is 0.457. The van der Waals surface area contributed by atoms with Crippen LogP contribution in [0, 0.1) is 5.41 Å². The van der Waals surface area contributed by atoms with E-state index in [1.54, 1.807) is 58.2 Å². The summed E-state index contributed by atoms with van der Waals surface area (Å²) in [5, 5.41) is 3.41. The lowest BCUT2D eigenvalue weighted by atomic mass is 9.95. The topological polar surface area (TPSA) is 148 Å². The predicted molar refractivity (Wildman–Crippen MR) is 192 cm³/mol. The summed E-state index contributed by atoms with van der Waals surface area (Å²) in [4.78, 5) is 46.5. The maximum atomic E-state index is 14.0. The first-order valence-electron chi connectivity index (χ1n) is 16.1. The summed E-state index contributed by atoms with van der Waals surface area (Å²) in [5.74, 6) is -0.882. The van der Waals surface area contributed by atoms with Crippen molar-refractivity contribution in [1.82, 2.24) is 14.5 Å². The number of anilines is 1. The number of halogens is 3. The summed E-state index contributed by atoms with van der Waals surface area (Å²) in [5.41, 5.74) is -2.64. The van der Waals surface area contributed by atoms with Crippen molar-refractivity contribution in [3.8, 4) is 21.7 Å². The third kappa shape index (κ3) is 10.8. The van der Waals surface area contributed by atoms with E-state index in [9.17, 15) is 32.1 Å². The number of rotatable bonds is 12. The van der Waals surface area contributed by atoms with Crippen molar-refractivity contribution in [1.29, 1.82) is 0 Å². The molecule has 1 N–H and O–H groups in total. The first kappa shape index (κ1) is 40.8. The van der Waals surface area contributed by atoms with Crippen LogP contribution in [0.1, 0.15) is 78.4 Å². The number of phosphoric ester groups is 1. The molecule has 3 heterocycles. The molecular formula is C35H42F3N4O8PS. The van der Waals surface area contributed by atoms with Gasteiger partial charge in [-0.2, -0.15) is 13.2 Å². The standard InChI is InChI=1S/C35H42F3N4O8PS/c1-32(2,3)19-42-17-25(31(45)47-12-13-48-51(46,49-33(4,5)6)50-34(7,8)9)29(44)23-14-21(10-11-26(23)42)24-16-39-28(40-20-43)15-22(24)30-41-27(18-52-30)35(36,37)38/h10-11,14-18,20H,12-13,19H2,1-9H3,(H,39,40,43). The third-order valence-electron chi connectivity index (χ3n) is 6.73. The monoisotopic (exact) mass is 766 g/mol. The Hall–Kier alpha value is -3.95. The van der Waals surface area contributed by atoms with E-state index in [-0.39, 0.29) is 46.0 Å². The van der Waals surface area contributed by atoms with E-state index in [1.807, 2.05) is 20.8 Å². The minimum atomic E-state index is -4.68. The van der Waals surface area contributed by atoms with E-state index in [2.05, 4.69) is 15.3 Å². The predicted octanol–water partition coefficient (Wildman–Crippen LogP) is 8.73. The zero-order chi connectivity index (χ0) is 38.9. The van der Waals surface area contributed by atoms with Gasteiger partial charge in [-0.3, -0.25) is 23.2 Å². The minimum absolute atomic E-state index is 0.00816. The number of benzene rings is 1. The molecule has 4 aromatic rings. The van der Waals surface area contributed by atoms with Gasteiger partial charge in [0.1, 0.15) is 23.0 Å². The number of carbonyl (C=O) groups excluding carboxylic acids is 2.